The lowest BCUT2D eigenvalue weighted by Gasteiger charge is -2.02. The van der Waals surface area contributed by atoms with Gasteiger partial charge in [0.05, 0.1) is 0 Å². The van der Waals surface area contributed by atoms with Crippen molar-refractivity contribution in [3.63, 3.8) is 0 Å². The summed E-state index contributed by atoms with van der Waals surface area (Å²) in [4.78, 5) is 4.31. The van der Waals surface area contributed by atoms with Crippen molar-refractivity contribution >= 4 is 11.6 Å². The van der Waals surface area contributed by atoms with Gasteiger partial charge in [0.25, 0.3) is 5.89 Å². The number of nitrogens with zero attached hydrogens (tertiary/aromatic N) is 2. The van der Waals surface area contributed by atoms with Gasteiger partial charge in [-0.25, -0.2) is 0 Å². The van der Waals surface area contributed by atoms with E-state index in [-0.39, 0.29) is 13.4 Å². The van der Waals surface area contributed by atoms with Crippen molar-refractivity contribution in [2.45, 2.75) is 6.61 Å². The number of aromatic nitrogens is 2. The number of hydrogen-bond donors (Lipinski definition) is 0. The Kier molecular flexibility index (Phi) is 3.51. The van der Waals surface area contributed by atoms with Gasteiger partial charge in [-0.2, -0.15) is 4.98 Å². The molecule has 0 aliphatic carbocycles. The van der Waals surface area contributed by atoms with Gasteiger partial charge in [-0.15, -0.1) is 0 Å². The molecule has 1 aromatic heterocycles. The summed E-state index contributed by atoms with van der Waals surface area (Å²) >= 11 is 5.90. The number of rotatable bonds is 4. The molecular formula is C16H11ClN2O4. The minimum absolute atomic E-state index is 0.165. The van der Waals surface area contributed by atoms with Gasteiger partial charge < -0.3 is 18.7 Å². The molecule has 6 nitrogen and oxygen atoms in total. The first-order chi connectivity index (χ1) is 11.3. The van der Waals surface area contributed by atoms with E-state index in [0.29, 0.717) is 34.0 Å². The van der Waals surface area contributed by atoms with Crippen LogP contribution in [0.25, 0.3) is 11.4 Å². The topological polar surface area (TPSA) is 66.6 Å². The number of ether oxygens (including phenoxy) is 3. The predicted molar refractivity (Wildman–Crippen MR) is 81.6 cm³/mol. The Hall–Kier alpha value is -2.73. The highest BCUT2D eigenvalue weighted by atomic mass is 35.5. The molecule has 0 saturated carbocycles. The maximum atomic E-state index is 5.90. The number of benzene rings is 2. The van der Waals surface area contributed by atoms with E-state index in [1.807, 2.05) is 24.3 Å². The molecule has 116 valence electrons. The summed E-state index contributed by atoms with van der Waals surface area (Å²) in [6, 6.07) is 12.6. The average molecular weight is 331 g/mol. The molecule has 7 heteroatoms. The number of halogens is 1. The summed E-state index contributed by atoms with van der Waals surface area (Å²) < 4.78 is 21.4. The van der Waals surface area contributed by atoms with Crippen LogP contribution in [0.2, 0.25) is 5.02 Å². The third kappa shape index (κ3) is 2.93. The standard InChI is InChI=1S/C16H11ClN2O4/c17-11-2-1-3-12(7-11)20-8-15-18-16(19-23-15)10-4-5-13-14(6-10)22-9-21-13/h1-7H,8-9H2. The third-order valence-electron chi connectivity index (χ3n) is 3.26. The quantitative estimate of drug-likeness (QED) is 0.726. The van der Waals surface area contributed by atoms with Crippen molar-refractivity contribution in [3.8, 4) is 28.6 Å². The number of fused-ring (bicyclic) bond motifs is 1. The molecule has 0 fully saturated rings. The van der Waals surface area contributed by atoms with Crippen LogP contribution >= 0.6 is 11.6 Å². The highest BCUT2D eigenvalue weighted by molar-refractivity contribution is 6.30. The maximum Gasteiger partial charge on any atom is 0.264 e. The highest BCUT2D eigenvalue weighted by Gasteiger charge is 2.16. The first kappa shape index (κ1) is 13.9. The van der Waals surface area contributed by atoms with Gasteiger partial charge in [0.15, 0.2) is 18.1 Å². The molecule has 3 aromatic rings. The van der Waals surface area contributed by atoms with E-state index in [1.165, 1.54) is 0 Å². The van der Waals surface area contributed by atoms with Crippen LogP contribution in [0, 0.1) is 0 Å². The van der Waals surface area contributed by atoms with E-state index >= 15 is 0 Å². The van der Waals surface area contributed by atoms with E-state index in [9.17, 15) is 0 Å². The van der Waals surface area contributed by atoms with Gasteiger partial charge in [0.2, 0.25) is 12.6 Å². The Labute approximate surface area is 136 Å². The Morgan fingerprint density at radius 3 is 2.91 bits per heavy atom. The first-order valence-electron chi connectivity index (χ1n) is 6.89. The molecular weight excluding hydrogens is 320 g/mol. The van der Waals surface area contributed by atoms with Crippen LogP contribution in [0.15, 0.2) is 47.0 Å². The lowest BCUT2D eigenvalue weighted by Crippen LogP contribution is -1.95. The summed E-state index contributed by atoms with van der Waals surface area (Å²) in [5.41, 5.74) is 0.784. The molecule has 4 rings (SSSR count). The smallest absolute Gasteiger partial charge is 0.264 e. The van der Waals surface area contributed by atoms with Crippen molar-refractivity contribution in [1.82, 2.24) is 10.1 Å². The summed E-state index contributed by atoms with van der Waals surface area (Å²) in [6.07, 6.45) is 0. The molecule has 0 N–H and O–H groups in total. The van der Waals surface area contributed by atoms with Crippen LogP contribution < -0.4 is 14.2 Å². The minimum atomic E-state index is 0.165. The molecule has 1 aliphatic rings. The van der Waals surface area contributed by atoms with Crippen LogP contribution in [0.1, 0.15) is 5.89 Å². The molecule has 0 unspecified atom stereocenters. The molecule has 0 radical (unpaired) electrons. The fraction of sp³-hybridized carbons (Fsp3) is 0.125. The van der Waals surface area contributed by atoms with Crippen molar-refractivity contribution in [2.24, 2.45) is 0 Å². The zero-order valence-corrected chi connectivity index (χ0v) is 12.6. The van der Waals surface area contributed by atoms with E-state index in [4.69, 9.17) is 30.3 Å². The Balaban J connectivity index is 1.48. The van der Waals surface area contributed by atoms with Gasteiger partial charge in [0.1, 0.15) is 5.75 Å². The van der Waals surface area contributed by atoms with Crippen LogP contribution in [0.3, 0.4) is 0 Å². The zero-order chi connectivity index (χ0) is 15.6. The molecule has 0 spiro atoms. The van der Waals surface area contributed by atoms with Crippen molar-refractivity contribution in [3.05, 3.63) is 53.4 Å². The maximum absolute atomic E-state index is 5.90. The van der Waals surface area contributed by atoms with E-state index in [0.717, 1.165) is 5.56 Å². The molecule has 23 heavy (non-hydrogen) atoms. The highest BCUT2D eigenvalue weighted by Crippen LogP contribution is 2.35. The van der Waals surface area contributed by atoms with E-state index in [2.05, 4.69) is 10.1 Å². The monoisotopic (exact) mass is 330 g/mol. The molecule has 0 saturated heterocycles. The van der Waals surface area contributed by atoms with E-state index < -0.39 is 0 Å². The minimum Gasteiger partial charge on any atom is -0.484 e. The van der Waals surface area contributed by atoms with Crippen molar-refractivity contribution in [2.75, 3.05) is 6.79 Å². The lowest BCUT2D eigenvalue weighted by molar-refractivity contribution is 0.174. The predicted octanol–water partition coefficient (Wildman–Crippen LogP) is 3.70. The molecule has 0 bridgehead atoms. The van der Waals surface area contributed by atoms with Gasteiger partial charge in [-0.05, 0) is 36.4 Å². The molecule has 0 amide bonds. The van der Waals surface area contributed by atoms with Gasteiger partial charge >= 0.3 is 0 Å². The summed E-state index contributed by atoms with van der Waals surface area (Å²) in [5, 5.41) is 4.56. The van der Waals surface area contributed by atoms with Gasteiger partial charge in [-0.3, -0.25) is 0 Å². The molecule has 1 aliphatic heterocycles. The van der Waals surface area contributed by atoms with Crippen molar-refractivity contribution in [1.29, 1.82) is 0 Å². The largest absolute Gasteiger partial charge is 0.484 e. The Bertz CT molecular complexity index is 850. The lowest BCUT2D eigenvalue weighted by atomic mass is 10.2. The van der Waals surface area contributed by atoms with E-state index in [1.54, 1.807) is 18.2 Å². The zero-order valence-electron chi connectivity index (χ0n) is 11.9. The van der Waals surface area contributed by atoms with Gasteiger partial charge in [0, 0.05) is 10.6 Å². The Morgan fingerprint density at radius 2 is 2.00 bits per heavy atom. The average Bonchev–Trinajstić information content (AvgIpc) is 3.21. The second-order valence-electron chi connectivity index (χ2n) is 4.83. The van der Waals surface area contributed by atoms with Crippen LogP contribution in [0.4, 0.5) is 0 Å². The van der Waals surface area contributed by atoms with Gasteiger partial charge in [-0.1, -0.05) is 22.8 Å². The second kappa shape index (κ2) is 5.81. The molecule has 2 aromatic carbocycles. The van der Waals surface area contributed by atoms with Crippen molar-refractivity contribution < 1.29 is 18.7 Å². The normalized spacial score (nSPS) is 12.4. The van der Waals surface area contributed by atoms with Crippen LogP contribution in [0.5, 0.6) is 17.2 Å². The second-order valence-corrected chi connectivity index (χ2v) is 5.26. The van der Waals surface area contributed by atoms with Crippen LogP contribution in [-0.4, -0.2) is 16.9 Å². The molecule has 0 atom stereocenters. The first-order valence-corrected chi connectivity index (χ1v) is 7.27. The molecule has 2 heterocycles. The summed E-state index contributed by atoms with van der Waals surface area (Å²) in [6.45, 7) is 0.391. The summed E-state index contributed by atoms with van der Waals surface area (Å²) in [5.74, 6) is 2.86. The fourth-order valence-electron chi connectivity index (χ4n) is 2.17. The fourth-order valence-corrected chi connectivity index (χ4v) is 2.35. The Morgan fingerprint density at radius 1 is 1.09 bits per heavy atom. The van der Waals surface area contributed by atoms with Crippen LogP contribution in [-0.2, 0) is 6.61 Å². The number of hydrogen-bond acceptors (Lipinski definition) is 6. The SMILES string of the molecule is Clc1cccc(OCc2nc(-c3ccc4c(c3)OCO4)no2)c1. The summed E-state index contributed by atoms with van der Waals surface area (Å²) in [7, 11) is 0. The third-order valence-corrected chi connectivity index (χ3v) is 3.49.